The quantitative estimate of drug-likeness (QED) is 0.692. The smallest absolute Gasteiger partial charge is 0.274 e. The van der Waals surface area contributed by atoms with Crippen LogP contribution in [0, 0.1) is 6.92 Å². The van der Waals surface area contributed by atoms with E-state index in [0.717, 1.165) is 5.69 Å². The van der Waals surface area contributed by atoms with E-state index >= 15 is 0 Å². The molecule has 0 atom stereocenters. The fraction of sp³-hybridized carbons (Fsp3) is 0.150. The lowest BCUT2D eigenvalue weighted by atomic mass is 10.2. The number of amides is 1. The van der Waals surface area contributed by atoms with Crippen molar-refractivity contribution in [2.45, 2.75) is 6.92 Å². The SMILES string of the molecule is COc1ccc(OC)c(NC(=O)c2cc(C)nc(Nc3ccccc3)n2)c1. The molecule has 2 aromatic carbocycles. The maximum absolute atomic E-state index is 12.7. The van der Waals surface area contributed by atoms with Crippen molar-refractivity contribution in [3.8, 4) is 11.5 Å². The standard InChI is InChI=1S/C20H20N4O3/c1-13-11-17(24-20(21-13)22-14-7-5-4-6-8-14)19(25)23-16-12-15(26-2)9-10-18(16)27-3/h4-12H,1-3H3,(H,23,25)(H,21,22,24). The van der Waals surface area contributed by atoms with Gasteiger partial charge in [0.15, 0.2) is 0 Å². The Hall–Kier alpha value is -3.61. The number of benzene rings is 2. The molecule has 0 unspecified atom stereocenters. The van der Waals surface area contributed by atoms with Gasteiger partial charge in [0.2, 0.25) is 5.95 Å². The number of nitrogens with one attached hydrogen (secondary N) is 2. The van der Waals surface area contributed by atoms with Crippen LogP contribution in [0.15, 0.2) is 54.6 Å². The zero-order chi connectivity index (χ0) is 19.2. The monoisotopic (exact) mass is 364 g/mol. The van der Waals surface area contributed by atoms with Gasteiger partial charge in [0.25, 0.3) is 5.91 Å². The molecule has 0 aliphatic rings. The Bertz CT molecular complexity index is 945. The molecule has 138 valence electrons. The molecular formula is C20H20N4O3. The summed E-state index contributed by atoms with van der Waals surface area (Å²) in [5.41, 5.74) is 2.25. The molecule has 0 fully saturated rings. The molecule has 1 amide bonds. The van der Waals surface area contributed by atoms with E-state index in [2.05, 4.69) is 20.6 Å². The van der Waals surface area contributed by atoms with Gasteiger partial charge in [-0.05, 0) is 37.3 Å². The van der Waals surface area contributed by atoms with Gasteiger partial charge in [-0.3, -0.25) is 4.79 Å². The minimum absolute atomic E-state index is 0.241. The number of aromatic nitrogens is 2. The molecular weight excluding hydrogens is 344 g/mol. The van der Waals surface area contributed by atoms with Gasteiger partial charge in [0, 0.05) is 17.4 Å². The van der Waals surface area contributed by atoms with Crippen molar-refractivity contribution in [1.82, 2.24) is 9.97 Å². The van der Waals surface area contributed by atoms with Gasteiger partial charge >= 0.3 is 0 Å². The third kappa shape index (κ3) is 4.52. The fourth-order valence-corrected chi connectivity index (χ4v) is 2.49. The summed E-state index contributed by atoms with van der Waals surface area (Å²) in [6.07, 6.45) is 0. The van der Waals surface area contributed by atoms with Gasteiger partial charge in [-0.1, -0.05) is 18.2 Å². The predicted octanol–water partition coefficient (Wildman–Crippen LogP) is 3.80. The Morgan fingerprint density at radius 3 is 2.44 bits per heavy atom. The van der Waals surface area contributed by atoms with Crippen molar-refractivity contribution >= 4 is 23.2 Å². The first-order valence-electron chi connectivity index (χ1n) is 8.30. The third-order valence-corrected chi connectivity index (χ3v) is 3.77. The fourth-order valence-electron chi connectivity index (χ4n) is 2.49. The molecule has 0 spiro atoms. The summed E-state index contributed by atoms with van der Waals surface area (Å²) < 4.78 is 10.5. The topological polar surface area (TPSA) is 85.4 Å². The van der Waals surface area contributed by atoms with E-state index in [-0.39, 0.29) is 11.6 Å². The van der Waals surface area contributed by atoms with Crippen LogP contribution in [0.3, 0.4) is 0 Å². The number of methoxy groups -OCH3 is 2. The van der Waals surface area contributed by atoms with Gasteiger partial charge < -0.3 is 20.1 Å². The molecule has 3 aromatic rings. The molecule has 0 radical (unpaired) electrons. The number of hydrogen-bond donors (Lipinski definition) is 2. The van der Waals surface area contributed by atoms with Crippen LogP contribution in [0.4, 0.5) is 17.3 Å². The first kappa shape index (κ1) is 18.2. The van der Waals surface area contributed by atoms with Crippen molar-refractivity contribution < 1.29 is 14.3 Å². The lowest BCUT2D eigenvalue weighted by Gasteiger charge is -2.12. The Morgan fingerprint density at radius 2 is 1.74 bits per heavy atom. The van der Waals surface area contributed by atoms with Crippen molar-refractivity contribution in [3.63, 3.8) is 0 Å². The summed E-state index contributed by atoms with van der Waals surface area (Å²) >= 11 is 0. The van der Waals surface area contributed by atoms with Crippen molar-refractivity contribution in [2.75, 3.05) is 24.9 Å². The minimum atomic E-state index is -0.372. The highest BCUT2D eigenvalue weighted by atomic mass is 16.5. The van der Waals surface area contributed by atoms with Crippen molar-refractivity contribution in [2.24, 2.45) is 0 Å². The highest BCUT2D eigenvalue weighted by Crippen LogP contribution is 2.29. The molecule has 0 saturated heterocycles. The molecule has 0 saturated carbocycles. The summed E-state index contributed by atoms with van der Waals surface area (Å²) in [6.45, 7) is 1.81. The van der Waals surface area contributed by atoms with Gasteiger partial charge in [-0.2, -0.15) is 0 Å². The largest absolute Gasteiger partial charge is 0.497 e. The first-order chi connectivity index (χ1) is 13.1. The molecule has 3 rings (SSSR count). The summed E-state index contributed by atoms with van der Waals surface area (Å²) in [6, 6.07) is 16.3. The molecule has 1 heterocycles. The number of para-hydroxylation sites is 1. The number of aryl methyl sites for hydroxylation is 1. The van der Waals surface area contributed by atoms with Gasteiger partial charge in [0.1, 0.15) is 17.2 Å². The second kappa shape index (κ2) is 8.18. The average molecular weight is 364 g/mol. The maximum Gasteiger partial charge on any atom is 0.274 e. The second-order valence-electron chi connectivity index (χ2n) is 5.73. The van der Waals surface area contributed by atoms with Crippen LogP contribution < -0.4 is 20.1 Å². The average Bonchev–Trinajstić information content (AvgIpc) is 2.68. The zero-order valence-corrected chi connectivity index (χ0v) is 15.3. The number of hydrogen-bond acceptors (Lipinski definition) is 6. The Kier molecular flexibility index (Phi) is 5.51. The molecule has 27 heavy (non-hydrogen) atoms. The van der Waals surface area contributed by atoms with Crippen LogP contribution in [0.5, 0.6) is 11.5 Å². The number of rotatable bonds is 6. The molecule has 7 heteroatoms. The van der Waals surface area contributed by atoms with Gasteiger partial charge in [0.05, 0.1) is 19.9 Å². The van der Waals surface area contributed by atoms with Crippen LogP contribution >= 0.6 is 0 Å². The van der Waals surface area contributed by atoms with Crippen LogP contribution in [0.1, 0.15) is 16.2 Å². The lowest BCUT2D eigenvalue weighted by molar-refractivity contribution is 0.102. The number of carbonyl (C=O) groups excluding carboxylic acids is 1. The van der Waals surface area contributed by atoms with E-state index in [9.17, 15) is 4.79 Å². The summed E-state index contributed by atoms with van der Waals surface area (Å²) in [5, 5.41) is 5.91. The number of anilines is 3. The van der Waals surface area contributed by atoms with E-state index in [1.54, 1.807) is 38.3 Å². The van der Waals surface area contributed by atoms with Crippen molar-refractivity contribution in [1.29, 1.82) is 0 Å². The minimum Gasteiger partial charge on any atom is -0.497 e. The second-order valence-corrected chi connectivity index (χ2v) is 5.73. The highest BCUT2D eigenvalue weighted by molar-refractivity contribution is 6.04. The molecule has 0 aliphatic heterocycles. The summed E-state index contributed by atoms with van der Waals surface area (Å²) in [5.74, 6) is 1.11. The maximum atomic E-state index is 12.7. The highest BCUT2D eigenvalue weighted by Gasteiger charge is 2.14. The predicted molar refractivity (Wildman–Crippen MR) is 104 cm³/mol. The number of carbonyl (C=O) groups is 1. The van der Waals surface area contributed by atoms with Gasteiger partial charge in [-0.15, -0.1) is 0 Å². The van der Waals surface area contributed by atoms with Crippen LogP contribution in [0.2, 0.25) is 0 Å². The molecule has 2 N–H and O–H groups in total. The lowest BCUT2D eigenvalue weighted by Crippen LogP contribution is -2.16. The number of ether oxygens (including phenoxy) is 2. The Morgan fingerprint density at radius 1 is 0.963 bits per heavy atom. The summed E-state index contributed by atoms with van der Waals surface area (Å²) in [4.78, 5) is 21.4. The van der Waals surface area contributed by atoms with E-state index < -0.39 is 0 Å². The zero-order valence-electron chi connectivity index (χ0n) is 15.3. The van der Waals surface area contributed by atoms with E-state index in [4.69, 9.17) is 9.47 Å². The molecule has 0 aliphatic carbocycles. The Labute approximate surface area is 157 Å². The van der Waals surface area contributed by atoms with Crippen LogP contribution in [-0.4, -0.2) is 30.1 Å². The summed E-state index contributed by atoms with van der Waals surface area (Å²) in [7, 11) is 3.09. The van der Waals surface area contributed by atoms with E-state index in [1.165, 1.54) is 7.11 Å². The molecule has 0 bridgehead atoms. The van der Waals surface area contributed by atoms with Crippen molar-refractivity contribution in [3.05, 3.63) is 66.0 Å². The third-order valence-electron chi connectivity index (χ3n) is 3.77. The Balaban J connectivity index is 1.85. The number of nitrogens with zero attached hydrogens (tertiary/aromatic N) is 2. The van der Waals surface area contributed by atoms with Crippen LogP contribution in [0.25, 0.3) is 0 Å². The first-order valence-corrected chi connectivity index (χ1v) is 8.30. The van der Waals surface area contributed by atoms with Gasteiger partial charge in [-0.25, -0.2) is 9.97 Å². The van der Waals surface area contributed by atoms with E-state index in [1.807, 2.05) is 30.3 Å². The molecule has 7 nitrogen and oxygen atoms in total. The molecule has 1 aromatic heterocycles. The van der Waals surface area contributed by atoms with E-state index in [0.29, 0.717) is 28.8 Å². The van der Waals surface area contributed by atoms with Crippen LogP contribution in [-0.2, 0) is 0 Å². The normalized spacial score (nSPS) is 10.2.